The zero-order valence-electron chi connectivity index (χ0n) is 11.8. The molecule has 1 saturated carbocycles. The van der Waals surface area contributed by atoms with Gasteiger partial charge in [0.25, 0.3) is 0 Å². The molecule has 1 aliphatic carbocycles. The van der Waals surface area contributed by atoms with Gasteiger partial charge in [-0.25, -0.2) is 4.39 Å². The van der Waals surface area contributed by atoms with E-state index in [0.717, 1.165) is 25.7 Å². The third-order valence-electron chi connectivity index (χ3n) is 4.39. The van der Waals surface area contributed by atoms with Crippen molar-refractivity contribution in [1.29, 1.82) is 0 Å². The summed E-state index contributed by atoms with van der Waals surface area (Å²) in [6.45, 7) is 4.59. The van der Waals surface area contributed by atoms with E-state index in [1.165, 1.54) is 12.5 Å². The maximum absolute atomic E-state index is 13.9. The number of nitrogens with two attached hydrogens (primary N) is 1. The summed E-state index contributed by atoms with van der Waals surface area (Å²) in [5.41, 5.74) is 7.29. The third kappa shape index (κ3) is 3.93. The Morgan fingerprint density at radius 2 is 1.95 bits per heavy atom. The smallest absolute Gasteiger partial charge is 0.127 e. The Hall–Kier alpha value is -0.600. The Bertz CT molecular complexity index is 458. The van der Waals surface area contributed by atoms with E-state index in [1.54, 1.807) is 12.1 Å². The van der Waals surface area contributed by atoms with Gasteiger partial charge >= 0.3 is 0 Å². The molecule has 0 saturated heterocycles. The van der Waals surface area contributed by atoms with Crippen LogP contribution in [0.5, 0.6) is 0 Å². The van der Waals surface area contributed by atoms with E-state index in [1.807, 2.05) is 0 Å². The lowest BCUT2D eigenvalue weighted by Crippen LogP contribution is -2.42. The van der Waals surface area contributed by atoms with Crippen molar-refractivity contribution in [2.45, 2.75) is 57.9 Å². The second kappa shape index (κ2) is 5.41. The molecule has 2 N–H and O–H groups in total. The summed E-state index contributed by atoms with van der Waals surface area (Å²) in [6, 6.07) is 4.88. The first kappa shape index (κ1) is 14.8. The lowest BCUT2D eigenvalue weighted by Gasteiger charge is -2.29. The number of hydrogen-bond donors (Lipinski definition) is 1. The van der Waals surface area contributed by atoms with E-state index < -0.39 is 0 Å². The molecular weight excluding hydrogens is 261 g/mol. The van der Waals surface area contributed by atoms with Gasteiger partial charge in [-0.3, -0.25) is 0 Å². The zero-order valence-corrected chi connectivity index (χ0v) is 12.6. The Kier molecular flexibility index (Phi) is 4.22. The summed E-state index contributed by atoms with van der Waals surface area (Å²) >= 11 is 5.79. The van der Waals surface area contributed by atoms with Crippen LogP contribution < -0.4 is 5.73 Å². The molecule has 1 aromatic carbocycles. The van der Waals surface area contributed by atoms with Crippen molar-refractivity contribution in [2.24, 2.45) is 11.1 Å². The third-order valence-corrected chi connectivity index (χ3v) is 4.62. The Morgan fingerprint density at radius 1 is 1.21 bits per heavy atom. The van der Waals surface area contributed by atoms with Crippen molar-refractivity contribution in [2.75, 3.05) is 0 Å². The van der Waals surface area contributed by atoms with Crippen molar-refractivity contribution in [1.82, 2.24) is 0 Å². The largest absolute Gasteiger partial charge is 0.325 e. The summed E-state index contributed by atoms with van der Waals surface area (Å²) in [7, 11) is 0. The molecule has 1 unspecified atom stereocenters. The number of halogens is 2. The highest BCUT2D eigenvalue weighted by atomic mass is 35.5. The molecule has 0 spiro atoms. The minimum atomic E-state index is -0.275. The minimum Gasteiger partial charge on any atom is -0.325 e. The molecule has 1 nitrogen and oxygen atoms in total. The fraction of sp³-hybridized carbons (Fsp3) is 0.625. The van der Waals surface area contributed by atoms with Crippen LogP contribution >= 0.6 is 11.6 Å². The molecule has 1 atom stereocenters. The van der Waals surface area contributed by atoms with Crippen molar-refractivity contribution >= 4 is 11.6 Å². The highest BCUT2D eigenvalue weighted by Gasteiger charge is 2.33. The highest BCUT2D eigenvalue weighted by Crippen LogP contribution is 2.38. The summed E-state index contributed by atoms with van der Waals surface area (Å²) in [6.07, 6.45) is 5.97. The molecular formula is C16H23ClFN. The highest BCUT2D eigenvalue weighted by molar-refractivity contribution is 6.30. The second-order valence-corrected chi connectivity index (χ2v) is 7.23. The van der Waals surface area contributed by atoms with E-state index in [4.69, 9.17) is 17.3 Å². The van der Waals surface area contributed by atoms with Crippen molar-refractivity contribution < 1.29 is 4.39 Å². The van der Waals surface area contributed by atoms with E-state index in [9.17, 15) is 4.39 Å². The molecule has 1 aliphatic rings. The maximum Gasteiger partial charge on any atom is 0.127 e. The van der Waals surface area contributed by atoms with Crippen LogP contribution in [0.1, 0.15) is 51.5 Å². The van der Waals surface area contributed by atoms with E-state index in [0.29, 0.717) is 22.4 Å². The fourth-order valence-corrected chi connectivity index (χ4v) is 3.14. The van der Waals surface area contributed by atoms with Gasteiger partial charge in [-0.15, -0.1) is 0 Å². The molecule has 1 fully saturated rings. The molecule has 0 aliphatic heterocycles. The van der Waals surface area contributed by atoms with E-state index in [2.05, 4.69) is 13.8 Å². The summed E-state index contributed by atoms with van der Waals surface area (Å²) in [5, 5.41) is 0.439. The van der Waals surface area contributed by atoms with Gasteiger partial charge in [-0.2, -0.15) is 0 Å². The van der Waals surface area contributed by atoms with Gasteiger partial charge in [0.2, 0.25) is 0 Å². The molecule has 0 amide bonds. The topological polar surface area (TPSA) is 26.0 Å². The molecule has 0 radical (unpaired) electrons. The lowest BCUT2D eigenvalue weighted by atomic mass is 9.81. The van der Waals surface area contributed by atoms with E-state index in [-0.39, 0.29) is 11.4 Å². The van der Waals surface area contributed by atoms with Gasteiger partial charge < -0.3 is 5.73 Å². The van der Waals surface area contributed by atoms with Gasteiger partial charge in [0.05, 0.1) is 0 Å². The number of rotatable bonds is 2. The van der Waals surface area contributed by atoms with Crippen LogP contribution in [0.25, 0.3) is 0 Å². The van der Waals surface area contributed by atoms with Gasteiger partial charge in [0.15, 0.2) is 0 Å². The molecule has 19 heavy (non-hydrogen) atoms. The molecule has 0 aromatic heterocycles. The van der Waals surface area contributed by atoms with Crippen LogP contribution in [0.3, 0.4) is 0 Å². The molecule has 0 heterocycles. The Labute approximate surface area is 120 Å². The zero-order chi connectivity index (χ0) is 14.1. The Balaban J connectivity index is 2.12. The minimum absolute atomic E-state index is 0.235. The van der Waals surface area contributed by atoms with Crippen LogP contribution in [0.15, 0.2) is 18.2 Å². The molecule has 1 aromatic rings. The standard InChI is InChI=1S/C16H23ClFN/c1-15(2)6-3-7-16(19,9-8-15)11-12-4-5-13(17)10-14(12)18/h4-5,10H,3,6-9,11,19H2,1-2H3. The quantitative estimate of drug-likeness (QED) is 0.782. The first-order chi connectivity index (χ1) is 8.80. The predicted octanol–water partition coefficient (Wildman–Crippen LogP) is 4.71. The van der Waals surface area contributed by atoms with Crippen LogP contribution in [-0.2, 0) is 6.42 Å². The first-order valence-electron chi connectivity index (χ1n) is 7.03. The summed E-state index contributed by atoms with van der Waals surface area (Å²) in [5.74, 6) is -0.235. The van der Waals surface area contributed by atoms with Crippen molar-refractivity contribution in [3.63, 3.8) is 0 Å². The van der Waals surface area contributed by atoms with Crippen LogP contribution in [0, 0.1) is 11.2 Å². The molecule has 106 valence electrons. The van der Waals surface area contributed by atoms with Gasteiger partial charge in [0, 0.05) is 10.6 Å². The molecule has 0 bridgehead atoms. The average Bonchev–Trinajstić information content (AvgIpc) is 2.43. The maximum atomic E-state index is 13.9. The summed E-state index contributed by atoms with van der Waals surface area (Å²) < 4.78 is 13.9. The normalized spacial score (nSPS) is 27.0. The predicted molar refractivity (Wildman–Crippen MR) is 78.9 cm³/mol. The van der Waals surface area contributed by atoms with Gasteiger partial charge in [-0.05, 0) is 55.2 Å². The van der Waals surface area contributed by atoms with Crippen LogP contribution in [0.4, 0.5) is 4.39 Å². The summed E-state index contributed by atoms with van der Waals surface area (Å²) in [4.78, 5) is 0. The van der Waals surface area contributed by atoms with E-state index >= 15 is 0 Å². The number of hydrogen-bond acceptors (Lipinski definition) is 1. The average molecular weight is 284 g/mol. The SMILES string of the molecule is CC1(C)CCCC(N)(Cc2ccc(Cl)cc2F)CC1. The number of benzene rings is 1. The van der Waals surface area contributed by atoms with Crippen LogP contribution in [0.2, 0.25) is 5.02 Å². The monoisotopic (exact) mass is 283 g/mol. The second-order valence-electron chi connectivity index (χ2n) is 6.79. The molecule has 2 rings (SSSR count). The molecule has 3 heteroatoms. The van der Waals surface area contributed by atoms with Crippen molar-refractivity contribution in [3.8, 4) is 0 Å². The van der Waals surface area contributed by atoms with Crippen molar-refractivity contribution in [3.05, 3.63) is 34.6 Å². The Morgan fingerprint density at radius 3 is 2.63 bits per heavy atom. The first-order valence-corrected chi connectivity index (χ1v) is 7.40. The van der Waals surface area contributed by atoms with Gasteiger partial charge in [-0.1, -0.05) is 37.9 Å². The lowest BCUT2D eigenvalue weighted by molar-refractivity contribution is 0.296. The van der Waals surface area contributed by atoms with Gasteiger partial charge in [0.1, 0.15) is 5.82 Å². The fourth-order valence-electron chi connectivity index (χ4n) is 2.98. The van der Waals surface area contributed by atoms with Crippen LogP contribution in [-0.4, -0.2) is 5.54 Å².